The van der Waals surface area contributed by atoms with E-state index in [1.807, 2.05) is 0 Å². The molecule has 3 aliphatic rings. The van der Waals surface area contributed by atoms with Crippen LogP contribution in [0.2, 0.25) is 0 Å². The number of unbranched alkanes of at least 4 members (excludes halogenated alkanes) is 7. The first kappa shape index (κ1) is 17.7. The van der Waals surface area contributed by atoms with Gasteiger partial charge in [0.15, 0.2) is 0 Å². The number of nitrogens with zero attached hydrogens (tertiary/aromatic N) is 2. The third kappa shape index (κ3) is 3.95. The molecule has 0 bridgehead atoms. The van der Waals surface area contributed by atoms with Gasteiger partial charge >= 0.3 is 0 Å². The minimum Gasteiger partial charge on any atom is -0.285 e. The predicted octanol–water partition coefficient (Wildman–Crippen LogP) is 5.43. The normalized spacial score (nSPS) is 32.0. The van der Waals surface area contributed by atoms with Crippen LogP contribution in [0.5, 0.6) is 0 Å². The second-order valence-corrected chi connectivity index (χ2v) is 8.44. The first-order valence-electron chi connectivity index (χ1n) is 10.9. The predicted molar refractivity (Wildman–Crippen MR) is 99.7 cm³/mol. The maximum absolute atomic E-state index is 2.91. The average molecular weight is 321 g/mol. The summed E-state index contributed by atoms with van der Waals surface area (Å²) in [4.78, 5) is 5.76. The zero-order valence-electron chi connectivity index (χ0n) is 15.7. The summed E-state index contributed by atoms with van der Waals surface area (Å²) < 4.78 is 0. The summed E-state index contributed by atoms with van der Waals surface area (Å²) in [5, 5.41) is 0. The molecule has 2 atom stereocenters. The lowest BCUT2D eigenvalue weighted by Gasteiger charge is -2.66. The van der Waals surface area contributed by atoms with Crippen molar-refractivity contribution in [3.05, 3.63) is 0 Å². The van der Waals surface area contributed by atoms with Crippen molar-refractivity contribution in [2.75, 3.05) is 26.2 Å². The molecule has 0 radical (unpaired) electrons. The highest BCUT2D eigenvalue weighted by molar-refractivity contribution is 5.08. The second kappa shape index (κ2) is 8.85. The molecule has 0 aromatic carbocycles. The molecule has 134 valence electrons. The van der Waals surface area contributed by atoms with Crippen molar-refractivity contribution < 1.29 is 0 Å². The molecule has 0 saturated carbocycles. The molecule has 2 unspecified atom stereocenters. The van der Waals surface area contributed by atoms with Crippen molar-refractivity contribution in [3.63, 3.8) is 0 Å². The van der Waals surface area contributed by atoms with E-state index in [0.717, 1.165) is 5.92 Å². The second-order valence-electron chi connectivity index (χ2n) is 8.44. The smallest absolute Gasteiger partial charge is 0.0779 e. The van der Waals surface area contributed by atoms with Crippen molar-refractivity contribution in [1.29, 1.82) is 0 Å². The third-order valence-electron chi connectivity index (χ3n) is 6.92. The van der Waals surface area contributed by atoms with Gasteiger partial charge in [-0.15, -0.1) is 0 Å². The van der Waals surface area contributed by atoms with Gasteiger partial charge in [-0.3, -0.25) is 9.80 Å². The topological polar surface area (TPSA) is 6.48 Å². The van der Waals surface area contributed by atoms with Crippen molar-refractivity contribution in [2.45, 2.75) is 102 Å². The number of hydrogen-bond donors (Lipinski definition) is 0. The summed E-state index contributed by atoms with van der Waals surface area (Å²) in [7, 11) is 0. The molecule has 3 saturated heterocycles. The van der Waals surface area contributed by atoms with Crippen molar-refractivity contribution in [2.24, 2.45) is 5.92 Å². The van der Waals surface area contributed by atoms with Crippen LogP contribution in [-0.2, 0) is 0 Å². The van der Waals surface area contributed by atoms with E-state index in [2.05, 4.69) is 16.7 Å². The summed E-state index contributed by atoms with van der Waals surface area (Å²) >= 11 is 0. The van der Waals surface area contributed by atoms with Gasteiger partial charge in [-0.05, 0) is 32.2 Å². The zero-order chi connectivity index (χ0) is 16.0. The van der Waals surface area contributed by atoms with Crippen LogP contribution in [-0.4, -0.2) is 41.6 Å². The SMILES string of the molecule is CCCCCCCCCCC1CN2CCCN3CCCCCC132. The molecule has 3 heterocycles. The van der Waals surface area contributed by atoms with Crippen LogP contribution in [0, 0.1) is 5.92 Å². The molecule has 0 N–H and O–H groups in total. The quantitative estimate of drug-likeness (QED) is 0.523. The van der Waals surface area contributed by atoms with Gasteiger partial charge in [0, 0.05) is 25.6 Å². The zero-order valence-corrected chi connectivity index (χ0v) is 15.7. The van der Waals surface area contributed by atoms with Crippen LogP contribution in [0.3, 0.4) is 0 Å². The van der Waals surface area contributed by atoms with Crippen LogP contribution in [0.25, 0.3) is 0 Å². The lowest BCUT2D eigenvalue weighted by atomic mass is 9.72. The first-order valence-corrected chi connectivity index (χ1v) is 10.9. The summed E-state index contributed by atoms with van der Waals surface area (Å²) in [5.74, 6) is 0.987. The van der Waals surface area contributed by atoms with E-state index in [1.165, 1.54) is 116 Å². The first-order chi connectivity index (χ1) is 11.4. The molecular weight excluding hydrogens is 280 g/mol. The highest BCUT2D eigenvalue weighted by Crippen LogP contribution is 2.49. The van der Waals surface area contributed by atoms with Crippen molar-refractivity contribution >= 4 is 0 Å². The summed E-state index contributed by atoms with van der Waals surface area (Å²) in [6, 6.07) is 0. The van der Waals surface area contributed by atoms with E-state index >= 15 is 0 Å². The minimum atomic E-state index is 0.524. The Bertz CT molecular complexity index is 343. The van der Waals surface area contributed by atoms with Crippen LogP contribution < -0.4 is 0 Å². The molecule has 0 aromatic heterocycles. The molecule has 23 heavy (non-hydrogen) atoms. The molecule has 0 amide bonds. The van der Waals surface area contributed by atoms with Gasteiger partial charge in [0.25, 0.3) is 0 Å². The van der Waals surface area contributed by atoms with Gasteiger partial charge < -0.3 is 0 Å². The Labute approximate surface area is 145 Å². The average Bonchev–Trinajstić information content (AvgIpc) is 2.79. The molecular formula is C21H40N2. The summed E-state index contributed by atoms with van der Waals surface area (Å²) in [5.41, 5.74) is 0.524. The van der Waals surface area contributed by atoms with E-state index in [9.17, 15) is 0 Å². The highest BCUT2D eigenvalue weighted by Gasteiger charge is 2.57. The van der Waals surface area contributed by atoms with Crippen LogP contribution in [0.4, 0.5) is 0 Å². The van der Waals surface area contributed by atoms with E-state index < -0.39 is 0 Å². The van der Waals surface area contributed by atoms with Crippen LogP contribution in [0.15, 0.2) is 0 Å². The lowest BCUT2D eigenvalue weighted by molar-refractivity contribution is -0.210. The van der Waals surface area contributed by atoms with Gasteiger partial charge in [0.05, 0.1) is 5.66 Å². The Morgan fingerprint density at radius 3 is 2.26 bits per heavy atom. The molecule has 0 aliphatic carbocycles. The molecule has 3 fully saturated rings. The molecule has 1 spiro atoms. The standard InChI is InChI=1S/C21H40N2/c1-2-3-4-5-6-7-8-10-14-20-19-23-18-13-17-22-16-12-9-11-15-21(20,22)23/h20H,2-19H2,1H3. The Balaban J connectivity index is 1.38. The third-order valence-corrected chi connectivity index (χ3v) is 6.92. The molecule has 0 aromatic rings. The molecule has 3 rings (SSSR count). The van der Waals surface area contributed by atoms with E-state index in [-0.39, 0.29) is 0 Å². The minimum absolute atomic E-state index is 0.524. The van der Waals surface area contributed by atoms with E-state index in [4.69, 9.17) is 0 Å². The largest absolute Gasteiger partial charge is 0.285 e. The maximum Gasteiger partial charge on any atom is 0.0779 e. The summed E-state index contributed by atoms with van der Waals surface area (Å²) in [6.45, 7) is 7.86. The summed E-state index contributed by atoms with van der Waals surface area (Å²) in [6.07, 6.45) is 20.5. The molecule has 2 nitrogen and oxygen atoms in total. The van der Waals surface area contributed by atoms with Crippen LogP contribution >= 0.6 is 0 Å². The lowest BCUT2D eigenvalue weighted by Crippen LogP contribution is -2.77. The fourth-order valence-corrected chi connectivity index (χ4v) is 5.64. The van der Waals surface area contributed by atoms with Gasteiger partial charge in [-0.25, -0.2) is 0 Å². The van der Waals surface area contributed by atoms with Crippen molar-refractivity contribution in [3.8, 4) is 0 Å². The fraction of sp³-hybridized carbons (Fsp3) is 1.00. The van der Waals surface area contributed by atoms with E-state index in [0.29, 0.717) is 5.66 Å². The highest BCUT2D eigenvalue weighted by atomic mass is 15.5. The fourth-order valence-electron chi connectivity index (χ4n) is 5.64. The molecule has 3 aliphatic heterocycles. The number of hydrogen-bond acceptors (Lipinski definition) is 2. The van der Waals surface area contributed by atoms with Gasteiger partial charge in [0.2, 0.25) is 0 Å². The monoisotopic (exact) mass is 320 g/mol. The Morgan fingerprint density at radius 2 is 1.43 bits per heavy atom. The number of rotatable bonds is 9. The Hall–Kier alpha value is -0.0800. The molecule has 2 heteroatoms. The maximum atomic E-state index is 2.91. The van der Waals surface area contributed by atoms with Crippen LogP contribution in [0.1, 0.15) is 96.8 Å². The Morgan fingerprint density at radius 1 is 0.739 bits per heavy atom. The van der Waals surface area contributed by atoms with Crippen molar-refractivity contribution in [1.82, 2.24) is 9.80 Å². The van der Waals surface area contributed by atoms with E-state index in [1.54, 1.807) is 0 Å². The van der Waals surface area contributed by atoms with Gasteiger partial charge in [-0.2, -0.15) is 0 Å². The van der Waals surface area contributed by atoms with Gasteiger partial charge in [-0.1, -0.05) is 71.1 Å². The Kier molecular flexibility index (Phi) is 6.83. The van der Waals surface area contributed by atoms with Gasteiger partial charge in [0.1, 0.15) is 0 Å².